The molecule has 0 aliphatic carbocycles. The highest BCUT2D eigenvalue weighted by molar-refractivity contribution is 5.94. The van der Waals surface area contributed by atoms with Crippen LogP contribution in [-0.2, 0) is 0 Å². The molecule has 0 spiro atoms. The minimum Gasteiger partial charge on any atom is -0.335 e. The summed E-state index contributed by atoms with van der Waals surface area (Å²) in [6.07, 6.45) is 1.63. The van der Waals surface area contributed by atoms with Gasteiger partial charge >= 0.3 is 0 Å². The maximum Gasteiger partial charge on any atom is 0.257 e. The summed E-state index contributed by atoms with van der Waals surface area (Å²) in [7, 11) is 0. The first kappa shape index (κ1) is 18.3. The molecule has 0 N–H and O–H groups in total. The van der Waals surface area contributed by atoms with Crippen LogP contribution in [0.3, 0.4) is 0 Å². The predicted molar refractivity (Wildman–Crippen MR) is 98.6 cm³/mol. The van der Waals surface area contributed by atoms with Gasteiger partial charge in [-0.2, -0.15) is 4.98 Å². The molecule has 1 aliphatic rings. The molecule has 1 fully saturated rings. The fourth-order valence-electron chi connectivity index (χ4n) is 3.47. The van der Waals surface area contributed by atoms with E-state index in [4.69, 9.17) is 4.52 Å². The number of hydrogen-bond acceptors (Lipinski definition) is 4. The van der Waals surface area contributed by atoms with Crippen LogP contribution in [0.2, 0.25) is 0 Å². The smallest absolute Gasteiger partial charge is 0.257 e. The number of benzene rings is 2. The number of hydrogen-bond donors (Lipinski definition) is 0. The molecule has 7 heteroatoms. The highest BCUT2D eigenvalue weighted by Gasteiger charge is 2.32. The van der Waals surface area contributed by atoms with Gasteiger partial charge in [-0.1, -0.05) is 5.16 Å². The van der Waals surface area contributed by atoms with Crippen molar-refractivity contribution >= 4 is 5.91 Å². The van der Waals surface area contributed by atoms with Crippen molar-refractivity contribution in [3.8, 4) is 11.5 Å². The molecule has 1 aromatic heterocycles. The number of nitrogens with zero attached hydrogens (tertiary/aromatic N) is 3. The molecule has 2 heterocycles. The van der Waals surface area contributed by atoms with E-state index in [9.17, 15) is 13.6 Å². The Balaban J connectivity index is 1.52. The lowest BCUT2D eigenvalue weighted by molar-refractivity contribution is 0.0604. The van der Waals surface area contributed by atoms with Gasteiger partial charge in [-0.05, 0) is 68.3 Å². The minimum atomic E-state index is -0.374. The number of piperidine rings is 1. The molecule has 0 radical (unpaired) electrons. The molecule has 28 heavy (non-hydrogen) atoms. The van der Waals surface area contributed by atoms with Gasteiger partial charge in [-0.25, -0.2) is 8.78 Å². The zero-order valence-corrected chi connectivity index (χ0v) is 15.3. The van der Waals surface area contributed by atoms with E-state index in [0.29, 0.717) is 29.4 Å². The lowest BCUT2D eigenvalue weighted by atomic mass is 9.92. The Morgan fingerprint density at radius 1 is 1.04 bits per heavy atom. The average molecular weight is 383 g/mol. The number of rotatable bonds is 3. The fourth-order valence-corrected chi connectivity index (χ4v) is 3.47. The van der Waals surface area contributed by atoms with Crippen LogP contribution >= 0.6 is 0 Å². The molecule has 0 bridgehead atoms. The molecular formula is C21H19F2N3O2. The Hall–Kier alpha value is -3.09. The van der Waals surface area contributed by atoms with E-state index in [1.807, 2.05) is 6.92 Å². The van der Waals surface area contributed by atoms with Crippen LogP contribution in [0.1, 0.15) is 41.9 Å². The summed E-state index contributed by atoms with van der Waals surface area (Å²) in [4.78, 5) is 19.1. The van der Waals surface area contributed by atoms with Crippen molar-refractivity contribution in [2.24, 2.45) is 0 Å². The van der Waals surface area contributed by atoms with Gasteiger partial charge in [0.1, 0.15) is 11.6 Å². The van der Waals surface area contributed by atoms with E-state index in [0.717, 1.165) is 12.8 Å². The summed E-state index contributed by atoms with van der Waals surface area (Å²) >= 11 is 0. The molecule has 1 aliphatic heterocycles. The van der Waals surface area contributed by atoms with Crippen LogP contribution in [0, 0.1) is 11.6 Å². The predicted octanol–water partition coefficient (Wildman–Crippen LogP) is 4.42. The molecule has 144 valence electrons. The fraction of sp³-hybridized carbons (Fsp3) is 0.286. The topological polar surface area (TPSA) is 59.2 Å². The van der Waals surface area contributed by atoms with E-state index in [-0.39, 0.29) is 29.5 Å². The quantitative estimate of drug-likeness (QED) is 0.672. The monoisotopic (exact) mass is 383 g/mol. The van der Waals surface area contributed by atoms with E-state index in [1.54, 1.807) is 17.0 Å². The Labute approximate surface area is 161 Å². The molecular weight excluding hydrogens is 364 g/mol. The summed E-state index contributed by atoms with van der Waals surface area (Å²) in [5.74, 6) is -0.0490. The second kappa shape index (κ2) is 7.50. The Bertz CT molecular complexity index is 970. The van der Waals surface area contributed by atoms with Crippen LogP contribution in [-0.4, -0.2) is 33.5 Å². The van der Waals surface area contributed by atoms with Gasteiger partial charge < -0.3 is 9.42 Å². The Morgan fingerprint density at radius 3 is 2.36 bits per heavy atom. The van der Waals surface area contributed by atoms with Gasteiger partial charge in [0.25, 0.3) is 11.8 Å². The highest BCUT2D eigenvalue weighted by atomic mass is 19.1. The number of likely N-dealkylation sites (tertiary alicyclic amines) is 1. The first-order valence-electron chi connectivity index (χ1n) is 9.17. The van der Waals surface area contributed by atoms with Crippen molar-refractivity contribution in [1.82, 2.24) is 15.0 Å². The molecule has 0 unspecified atom stereocenters. The van der Waals surface area contributed by atoms with Gasteiger partial charge in [0, 0.05) is 29.6 Å². The first-order valence-corrected chi connectivity index (χ1v) is 9.17. The average Bonchev–Trinajstić information content (AvgIpc) is 3.19. The van der Waals surface area contributed by atoms with Crippen molar-refractivity contribution < 1.29 is 18.1 Å². The Morgan fingerprint density at radius 2 is 1.68 bits per heavy atom. The second-order valence-electron chi connectivity index (χ2n) is 7.05. The van der Waals surface area contributed by atoms with E-state index >= 15 is 0 Å². The second-order valence-corrected chi connectivity index (χ2v) is 7.05. The maximum absolute atomic E-state index is 13.1. The normalized spacial score (nSPS) is 19.6. The Kier molecular flexibility index (Phi) is 4.90. The lowest BCUT2D eigenvalue weighted by Gasteiger charge is -2.37. The van der Waals surface area contributed by atoms with Crippen molar-refractivity contribution in [3.63, 3.8) is 0 Å². The van der Waals surface area contributed by atoms with Crippen LogP contribution < -0.4 is 0 Å². The third-order valence-electron chi connectivity index (χ3n) is 5.13. The number of carbonyl (C=O) groups excluding carboxylic acids is 1. The maximum atomic E-state index is 13.1. The number of carbonyl (C=O) groups is 1. The number of aromatic nitrogens is 2. The van der Waals surface area contributed by atoms with Crippen LogP contribution in [0.5, 0.6) is 0 Å². The molecule has 1 amide bonds. The molecule has 3 aromatic rings. The van der Waals surface area contributed by atoms with E-state index < -0.39 is 0 Å². The van der Waals surface area contributed by atoms with Gasteiger partial charge in [-0.3, -0.25) is 4.79 Å². The number of amides is 1. The van der Waals surface area contributed by atoms with E-state index in [1.165, 1.54) is 36.4 Å². The van der Waals surface area contributed by atoms with Crippen molar-refractivity contribution in [2.45, 2.75) is 31.7 Å². The third kappa shape index (κ3) is 3.65. The molecule has 1 saturated heterocycles. The van der Waals surface area contributed by atoms with Crippen molar-refractivity contribution in [3.05, 3.63) is 71.6 Å². The summed E-state index contributed by atoms with van der Waals surface area (Å²) in [6, 6.07) is 11.5. The summed E-state index contributed by atoms with van der Waals surface area (Å²) in [6.45, 7) is 2.46. The summed E-state index contributed by atoms with van der Waals surface area (Å²) in [5, 5.41) is 4.07. The standard InChI is InChI=1S/C21H19F2N3O2/c1-13-2-3-16(12-26(13)21(27)15-6-10-18(23)11-7-15)19-24-20(28-25-19)14-4-8-17(22)9-5-14/h4-11,13,16H,2-3,12H2,1H3/t13-,16+/m0/s1. The molecule has 5 nitrogen and oxygen atoms in total. The summed E-state index contributed by atoms with van der Waals surface area (Å²) < 4.78 is 31.6. The molecule has 2 aromatic carbocycles. The molecule has 4 rings (SSSR count). The SMILES string of the molecule is C[C@H]1CC[C@@H](c2noc(-c3ccc(F)cc3)n2)CN1C(=O)c1ccc(F)cc1. The molecule has 2 atom stereocenters. The minimum absolute atomic E-state index is 0.0569. The van der Waals surface area contributed by atoms with Gasteiger partial charge in [0.2, 0.25) is 0 Å². The first-order chi connectivity index (χ1) is 13.5. The summed E-state index contributed by atoms with van der Waals surface area (Å²) in [5.41, 5.74) is 1.09. The van der Waals surface area contributed by atoms with Gasteiger partial charge in [0.15, 0.2) is 5.82 Å². The van der Waals surface area contributed by atoms with Crippen LogP contribution in [0.15, 0.2) is 53.1 Å². The highest BCUT2D eigenvalue weighted by Crippen LogP contribution is 2.31. The van der Waals surface area contributed by atoms with Crippen molar-refractivity contribution in [2.75, 3.05) is 6.54 Å². The number of halogens is 2. The third-order valence-corrected chi connectivity index (χ3v) is 5.13. The van der Waals surface area contributed by atoms with Crippen LogP contribution in [0.25, 0.3) is 11.5 Å². The van der Waals surface area contributed by atoms with Gasteiger partial charge in [0.05, 0.1) is 0 Å². The zero-order chi connectivity index (χ0) is 19.7. The largest absolute Gasteiger partial charge is 0.335 e. The zero-order valence-electron chi connectivity index (χ0n) is 15.3. The van der Waals surface area contributed by atoms with Crippen LogP contribution in [0.4, 0.5) is 8.78 Å². The molecule has 0 saturated carbocycles. The van der Waals surface area contributed by atoms with E-state index in [2.05, 4.69) is 10.1 Å². The van der Waals surface area contributed by atoms with Gasteiger partial charge in [-0.15, -0.1) is 0 Å². The lowest BCUT2D eigenvalue weighted by Crippen LogP contribution is -2.45. The van der Waals surface area contributed by atoms with Crippen molar-refractivity contribution in [1.29, 1.82) is 0 Å².